The highest BCUT2D eigenvalue weighted by atomic mass is 79.9. The monoisotopic (exact) mass is 253 g/mol. The van der Waals surface area contributed by atoms with Crippen LogP contribution < -0.4 is 0 Å². The Balaban J connectivity index is 2.96. The minimum atomic E-state index is -0.614. The normalized spacial score (nSPS) is 9.92. The second-order valence-corrected chi connectivity index (χ2v) is 3.50. The zero-order valence-electron chi connectivity index (χ0n) is 6.13. The van der Waals surface area contributed by atoms with Crippen LogP contribution in [0.3, 0.4) is 0 Å². The summed E-state index contributed by atoms with van der Waals surface area (Å²) in [6.45, 7) is 0. The number of aromatic nitrogens is 1. The Labute approximate surface area is 80.7 Å². The van der Waals surface area contributed by atoms with Gasteiger partial charge in [-0.2, -0.15) is 4.39 Å². The van der Waals surface area contributed by atoms with Gasteiger partial charge in [0.2, 0.25) is 11.0 Å². The summed E-state index contributed by atoms with van der Waals surface area (Å²) in [6.07, 6.45) is 0. The van der Waals surface area contributed by atoms with Crippen LogP contribution in [-0.2, 0) is 10.1 Å². The average Bonchev–Trinajstić information content (AvgIpc) is 2.45. The smallest absolute Gasteiger partial charge is 0.367 e. The Hall–Kier alpha value is -0.490. The van der Waals surface area contributed by atoms with E-state index < -0.39 is 11.9 Å². The number of hydrogen-bond acceptors (Lipinski definition) is 4. The summed E-state index contributed by atoms with van der Waals surface area (Å²) < 4.78 is 17.1. The number of carbonyl (C=O) groups excluding carboxylic acids is 1. The van der Waals surface area contributed by atoms with Crippen molar-refractivity contribution in [3.8, 4) is 0 Å². The first-order valence-electron chi connectivity index (χ1n) is 2.98. The largest absolute Gasteiger partial charge is 0.464 e. The van der Waals surface area contributed by atoms with Gasteiger partial charge in [0.05, 0.1) is 12.0 Å². The first-order chi connectivity index (χ1) is 5.69. The average molecular weight is 254 g/mol. The molecule has 1 aromatic heterocycles. The van der Waals surface area contributed by atoms with Crippen LogP contribution in [0.15, 0.2) is 0 Å². The van der Waals surface area contributed by atoms with Gasteiger partial charge in [0.25, 0.3) is 0 Å². The minimum Gasteiger partial charge on any atom is -0.464 e. The number of carbonyl (C=O) groups is 1. The molecule has 0 fully saturated rings. The molecule has 0 aliphatic heterocycles. The van der Waals surface area contributed by atoms with Crippen molar-refractivity contribution in [1.29, 1.82) is 0 Å². The standard InChI is InChI=1S/C6H5BrFNO2S/c1-11-6(10)5-9-4(8)3(2-7)12-5/h2H2,1H3. The first-order valence-corrected chi connectivity index (χ1v) is 4.92. The van der Waals surface area contributed by atoms with Crippen molar-refractivity contribution in [3.63, 3.8) is 0 Å². The molecule has 0 atom stereocenters. The number of halogens is 2. The molecular weight excluding hydrogens is 249 g/mol. The molecule has 6 heteroatoms. The molecule has 66 valence electrons. The van der Waals surface area contributed by atoms with Gasteiger partial charge in [-0.3, -0.25) is 0 Å². The molecule has 0 aliphatic rings. The van der Waals surface area contributed by atoms with Crippen LogP contribution >= 0.6 is 27.3 Å². The molecule has 3 nitrogen and oxygen atoms in total. The van der Waals surface area contributed by atoms with E-state index in [1.807, 2.05) is 0 Å². The zero-order valence-corrected chi connectivity index (χ0v) is 8.54. The molecule has 1 aromatic rings. The van der Waals surface area contributed by atoms with Gasteiger partial charge in [-0.15, -0.1) is 11.3 Å². The van der Waals surface area contributed by atoms with E-state index >= 15 is 0 Å². The molecule has 0 radical (unpaired) electrons. The Bertz CT molecular complexity index is 302. The highest BCUT2D eigenvalue weighted by Crippen LogP contribution is 2.20. The third-order valence-corrected chi connectivity index (χ3v) is 3.07. The maximum absolute atomic E-state index is 12.8. The summed E-state index contributed by atoms with van der Waals surface area (Å²) in [5, 5.41) is 0.400. The maximum Gasteiger partial charge on any atom is 0.367 e. The molecular formula is C6H5BrFNO2S. The lowest BCUT2D eigenvalue weighted by atomic mass is 10.6. The molecule has 12 heavy (non-hydrogen) atoms. The lowest BCUT2D eigenvalue weighted by Crippen LogP contribution is -1.99. The lowest BCUT2D eigenvalue weighted by Gasteiger charge is -1.89. The van der Waals surface area contributed by atoms with E-state index in [1.54, 1.807) is 0 Å². The van der Waals surface area contributed by atoms with Gasteiger partial charge in [-0.05, 0) is 0 Å². The van der Waals surface area contributed by atoms with Crippen molar-refractivity contribution < 1.29 is 13.9 Å². The van der Waals surface area contributed by atoms with E-state index in [9.17, 15) is 9.18 Å². The molecule has 0 N–H and O–H groups in total. The van der Waals surface area contributed by atoms with Crippen molar-refractivity contribution >= 4 is 33.2 Å². The number of rotatable bonds is 2. The summed E-state index contributed by atoms with van der Waals surface area (Å²) in [5.41, 5.74) is 0. The summed E-state index contributed by atoms with van der Waals surface area (Å²) in [5.74, 6) is -1.22. The van der Waals surface area contributed by atoms with Crippen molar-refractivity contribution in [3.05, 3.63) is 15.8 Å². The zero-order chi connectivity index (χ0) is 9.14. The van der Waals surface area contributed by atoms with Gasteiger partial charge in [0.1, 0.15) is 0 Å². The summed E-state index contributed by atoms with van der Waals surface area (Å²) in [7, 11) is 1.23. The second kappa shape index (κ2) is 3.95. The van der Waals surface area contributed by atoms with Crippen LogP contribution in [0.2, 0.25) is 0 Å². The van der Waals surface area contributed by atoms with E-state index in [0.717, 1.165) is 11.3 Å². The number of nitrogens with zero attached hydrogens (tertiary/aromatic N) is 1. The highest BCUT2D eigenvalue weighted by molar-refractivity contribution is 9.08. The van der Waals surface area contributed by atoms with Crippen LogP contribution in [0, 0.1) is 5.95 Å². The van der Waals surface area contributed by atoms with Crippen molar-refractivity contribution in [2.75, 3.05) is 7.11 Å². The number of alkyl halides is 1. The molecule has 0 aromatic carbocycles. The van der Waals surface area contributed by atoms with Gasteiger partial charge < -0.3 is 4.74 Å². The number of thiazole rings is 1. The molecule has 0 spiro atoms. The van der Waals surface area contributed by atoms with Crippen molar-refractivity contribution in [1.82, 2.24) is 4.98 Å². The third-order valence-electron chi connectivity index (χ3n) is 1.13. The van der Waals surface area contributed by atoms with Gasteiger partial charge >= 0.3 is 5.97 Å². The summed E-state index contributed by atoms with van der Waals surface area (Å²) in [4.78, 5) is 14.6. The maximum atomic E-state index is 12.8. The summed E-state index contributed by atoms with van der Waals surface area (Å²) in [6, 6.07) is 0. The first kappa shape index (κ1) is 9.60. The van der Waals surface area contributed by atoms with E-state index in [1.165, 1.54) is 7.11 Å². The molecule has 0 saturated heterocycles. The number of esters is 1. The fourth-order valence-electron chi connectivity index (χ4n) is 0.590. The van der Waals surface area contributed by atoms with E-state index in [4.69, 9.17) is 0 Å². The lowest BCUT2D eigenvalue weighted by molar-refractivity contribution is 0.0599. The van der Waals surface area contributed by atoms with Gasteiger partial charge in [-0.25, -0.2) is 9.78 Å². The molecule has 0 unspecified atom stereocenters. The molecule has 0 saturated carbocycles. The highest BCUT2D eigenvalue weighted by Gasteiger charge is 2.15. The summed E-state index contributed by atoms with van der Waals surface area (Å²) >= 11 is 4.06. The van der Waals surface area contributed by atoms with Crippen molar-refractivity contribution in [2.24, 2.45) is 0 Å². The van der Waals surface area contributed by atoms with Crippen LogP contribution in [0.5, 0.6) is 0 Å². The van der Waals surface area contributed by atoms with Gasteiger partial charge in [0.15, 0.2) is 0 Å². The number of hydrogen-bond donors (Lipinski definition) is 0. The van der Waals surface area contributed by atoms with Crippen LogP contribution in [-0.4, -0.2) is 18.1 Å². The van der Waals surface area contributed by atoms with Crippen LogP contribution in [0.4, 0.5) is 4.39 Å². The number of methoxy groups -OCH3 is 1. The third kappa shape index (κ3) is 1.81. The predicted molar refractivity (Wildman–Crippen MR) is 46.0 cm³/mol. The van der Waals surface area contributed by atoms with E-state index in [0.29, 0.717) is 10.2 Å². The van der Waals surface area contributed by atoms with E-state index in [2.05, 4.69) is 25.7 Å². The Morgan fingerprint density at radius 1 is 1.83 bits per heavy atom. The molecule has 1 heterocycles. The topological polar surface area (TPSA) is 39.2 Å². The quantitative estimate of drug-likeness (QED) is 0.598. The fourth-order valence-corrected chi connectivity index (χ4v) is 1.88. The minimum absolute atomic E-state index is 0.0458. The van der Waals surface area contributed by atoms with Crippen LogP contribution in [0.1, 0.15) is 14.7 Å². The molecule has 0 aliphatic carbocycles. The van der Waals surface area contributed by atoms with Crippen LogP contribution in [0.25, 0.3) is 0 Å². The second-order valence-electron chi connectivity index (χ2n) is 1.86. The SMILES string of the molecule is COC(=O)c1nc(F)c(CBr)s1. The Kier molecular flexibility index (Phi) is 3.16. The molecule has 1 rings (SSSR count). The Morgan fingerprint density at radius 3 is 2.92 bits per heavy atom. The van der Waals surface area contributed by atoms with Gasteiger partial charge in [-0.1, -0.05) is 15.9 Å². The van der Waals surface area contributed by atoms with Gasteiger partial charge in [0, 0.05) is 5.33 Å². The predicted octanol–water partition coefficient (Wildman–Crippen LogP) is 1.96. The Morgan fingerprint density at radius 2 is 2.50 bits per heavy atom. The van der Waals surface area contributed by atoms with Crippen molar-refractivity contribution in [2.45, 2.75) is 5.33 Å². The fraction of sp³-hybridized carbons (Fsp3) is 0.333. The molecule has 0 bridgehead atoms. The molecule has 0 amide bonds. The van der Waals surface area contributed by atoms with E-state index in [-0.39, 0.29) is 5.01 Å². The number of ether oxygens (including phenoxy) is 1.